The van der Waals surface area contributed by atoms with Gasteiger partial charge in [0.1, 0.15) is 11.5 Å². The molecule has 0 saturated carbocycles. The van der Waals surface area contributed by atoms with Gasteiger partial charge in [-0.3, -0.25) is 4.79 Å². The molecule has 7 heteroatoms. The van der Waals surface area contributed by atoms with Gasteiger partial charge in [0.2, 0.25) is 0 Å². The van der Waals surface area contributed by atoms with E-state index in [2.05, 4.69) is 21.2 Å². The van der Waals surface area contributed by atoms with E-state index < -0.39 is 5.82 Å². The number of carbonyl (C=O) groups excluding carboxylic acids is 1. The van der Waals surface area contributed by atoms with Gasteiger partial charge in [-0.25, -0.2) is 4.39 Å². The molecule has 0 bridgehead atoms. The first-order chi connectivity index (χ1) is 11.5. The summed E-state index contributed by atoms with van der Waals surface area (Å²) in [4.78, 5) is 11.9. The van der Waals surface area contributed by atoms with E-state index in [1.54, 1.807) is 38.5 Å². The summed E-state index contributed by atoms with van der Waals surface area (Å²) >= 11 is 3.16. The van der Waals surface area contributed by atoms with Gasteiger partial charge in [0.05, 0.1) is 14.2 Å². The monoisotopic (exact) mass is 397 g/mol. The smallest absolute Gasteiger partial charge is 0.258 e. The molecule has 2 aromatic rings. The molecule has 1 N–H and O–H groups in total. The zero-order valence-corrected chi connectivity index (χ0v) is 14.9. The SMILES string of the molecule is COc1ccc(OC)c(CNC(=O)COc2ccc(Br)cc2F)c1. The van der Waals surface area contributed by atoms with E-state index >= 15 is 0 Å². The summed E-state index contributed by atoms with van der Waals surface area (Å²) in [5, 5.41) is 2.69. The number of methoxy groups -OCH3 is 2. The Balaban J connectivity index is 1.91. The van der Waals surface area contributed by atoms with Gasteiger partial charge in [-0.15, -0.1) is 0 Å². The maximum absolute atomic E-state index is 13.6. The van der Waals surface area contributed by atoms with Crippen LogP contribution in [0.5, 0.6) is 17.2 Å². The summed E-state index contributed by atoms with van der Waals surface area (Å²) in [5.41, 5.74) is 0.764. The molecule has 5 nitrogen and oxygen atoms in total. The molecule has 0 aliphatic carbocycles. The minimum atomic E-state index is -0.536. The topological polar surface area (TPSA) is 56.8 Å². The van der Waals surface area contributed by atoms with Crippen LogP contribution in [0.4, 0.5) is 4.39 Å². The van der Waals surface area contributed by atoms with Crippen molar-refractivity contribution in [2.24, 2.45) is 0 Å². The quantitative estimate of drug-likeness (QED) is 0.778. The first kappa shape index (κ1) is 18.1. The molecule has 0 spiro atoms. The Morgan fingerprint density at radius 1 is 1.12 bits per heavy atom. The Kier molecular flexibility index (Phi) is 6.43. The van der Waals surface area contributed by atoms with E-state index in [-0.39, 0.29) is 24.8 Å². The zero-order chi connectivity index (χ0) is 17.5. The number of ether oxygens (including phenoxy) is 3. The van der Waals surface area contributed by atoms with Gasteiger partial charge in [0.15, 0.2) is 18.2 Å². The molecule has 0 radical (unpaired) electrons. The first-order valence-corrected chi connectivity index (χ1v) is 7.88. The second kappa shape index (κ2) is 8.54. The normalized spacial score (nSPS) is 10.2. The molecule has 0 aliphatic rings. The third-order valence-electron chi connectivity index (χ3n) is 3.22. The number of amides is 1. The number of hydrogen-bond donors (Lipinski definition) is 1. The highest BCUT2D eigenvalue weighted by Gasteiger charge is 2.10. The van der Waals surface area contributed by atoms with E-state index in [0.29, 0.717) is 16.0 Å². The highest BCUT2D eigenvalue weighted by molar-refractivity contribution is 9.10. The van der Waals surface area contributed by atoms with Gasteiger partial charge in [-0.05, 0) is 36.4 Å². The van der Waals surface area contributed by atoms with Crippen LogP contribution < -0.4 is 19.5 Å². The molecule has 0 fully saturated rings. The maximum Gasteiger partial charge on any atom is 0.258 e. The second-order valence-electron chi connectivity index (χ2n) is 4.82. The van der Waals surface area contributed by atoms with Gasteiger partial charge in [0.25, 0.3) is 5.91 Å². The van der Waals surface area contributed by atoms with Crippen molar-refractivity contribution in [2.75, 3.05) is 20.8 Å². The zero-order valence-electron chi connectivity index (χ0n) is 13.3. The lowest BCUT2D eigenvalue weighted by Gasteiger charge is -2.12. The second-order valence-corrected chi connectivity index (χ2v) is 5.73. The third-order valence-corrected chi connectivity index (χ3v) is 3.71. The molecular weight excluding hydrogens is 381 g/mol. The van der Waals surface area contributed by atoms with Crippen molar-refractivity contribution in [2.45, 2.75) is 6.54 Å². The van der Waals surface area contributed by atoms with Crippen molar-refractivity contribution in [3.63, 3.8) is 0 Å². The maximum atomic E-state index is 13.6. The molecule has 128 valence electrons. The van der Waals surface area contributed by atoms with Crippen LogP contribution in [-0.4, -0.2) is 26.7 Å². The number of halogens is 2. The van der Waals surface area contributed by atoms with Crippen LogP contribution in [0.25, 0.3) is 0 Å². The fourth-order valence-corrected chi connectivity index (χ4v) is 2.33. The van der Waals surface area contributed by atoms with Gasteiger partial charge < -0.3 is 19.5 Å². The fraction of sp³-hybridized carbons (Fsp3) is 0.235. The van der Waals surface area contributed by atoms with Crippen LogP contribution in [-0.2, 0) is 11.3 Å². The number of rotatable bonds is 7. The largest absolute Gasteiger partial charge is 0.497 e. The van der Waals surface area contributed by atoms with E-state index in [1.807, 2.05) is 0 Å². The van der Waals surface area contributed by atoms with Crippen molar-refractivity contribution >= 4 is 21.8 Å². The lowest BCUT2D eigenvalue weighted by molar-refractivity contribution is -0.123. The fourth-order valence-electron chi connectivity index (χ4n) is 2.00. The van der Waals surface area contributed by atoms with Crippen LogP contribution in [0.1, 0.15) is 5.56 Å². The molecule has 2 rings (SSSR count). The molecule has 0 unspecified atom stereocenters. The van der Waals surface area contributed by atoms with Crippen LogP contribution in [0, 0.1) is 5.82 Å². The van der Waals surface area contributed by atoms with Gasteiger partial charge in [0, 0.05) is 16.6 Å². The molecule has 2 aromatic carbocycles. The summed E-state index contributed by atoms with van der Waals surface area (Å²) in [6.45, 7) is -0.0454. The summed E-state index contributed by atoms with van der Waals surface area (Å²) in [6.07, 6.45) is 0. The summed E-state index contributed by atoms with van der Waals surface area (Å²) in [7, 11) is 3.11. The number of nitrogens with one attached hydrogen (secondary N) is 1. The molecule has 0 heterocycles. The summed E-state index contributed by atoms with van der Waals surface area (Å²) < 4.78 is 29.8. The Labute approximate surface area is 147 Å². The predicted octanol–water partition coefficient (Wildman–Crippen LogP) is 3.30. The Morgan fingerprint density at radius 3 is 2.54 bits per heavy atom. The van der Waals surface area contributed by atoms with Gasteiger partial charge >= 0.3 is 0 Å². The highest BCUT2D eigenvalue weighted by Crippen LogP contribution is 2.24. The first-order valence-electron chi connectivity index (χ1n) is 7.09. The lowest BCUT2D eigenvalue weighted by Crippen LogP contribution is -2.28. The van der Waals surface area contributed by atoms with Crippen molar-refractivity contribution in [1.82, 2.24) is 5.32 Å². The minimum absolute atomic E-state index is 0.0207. The predicted molar refractivity (Wildman–Crippen MR) is 91.0 cm³/mol. The van der Waals surface area contributed by atoms with Crippen LogP contribution in [0.15, 0.2) is 40.9 Å². The van der Waals surface area contributed by atoms with Crippen LogP contribution in [0.3, 0.4) is 0 Å². The van der Waals surface area contributed by atoms with Crippen molar-refractivity contribution in [3.8, 4) is 17.2 Å². The van der Waals surface area contributed by atoms with E-state index in [0.717, 1.165) is 5.56 Å². The lowest BCUT2D eigenvalue weighted by atomic mass is 10.2. The summed E-state index contributed by atoms with van der Waals surface area (Å²) in [5.74, 6) is 0.408. The molecule has 0 aliphatic heterocycles. The number of benzene rings is 2. The minimum Gasteiger partial charge on any atom is -0.497 e. The summed E-state index contributed by atoms with van der Waals surface area (Å²) in [6, 6.07) is 9.66. The van der Waals surface area contributed by atoms with E-state index in [9.17, 15) is 9.18 Å². The Morgan fingerprint density at radius 2 is 1.88 bits per heavy atom. The van der Waals surface area contributed by atoms with Gasteiger partial charge in [-0.1, -0.05) is 15.9 Å². The van der Waals surface area contributed by atoms with Crippen molar-refractivity contribution in [1.29, 1.82) is 0 Å². The van der Waals surface area contributed by atoms with Crippen LogP contribution in [0.2, 0.25) is 0 Å². The average molecular weight is 398 g/mol. The third kappa shape index (κ3) is 4.86. The Hall–Kier alpha value is -2.28. The molecule has 24 heavy (non-hydrogen) atoms. The molecule has 0 atom stereocenters. The van der Waals surface area contributed by atoms with E-state index in [4.69, 9.17) is 14.2 Å². The molecule has 0 aromatic heterocycles. The highest BCUT2D eigenvalue weighted by atomic mass is 79.9. The molecular formula is C17H17BrFNO4. The van der Waals surface area contributed by atoms with Crippen molar-refractivity contribution in [3.05, 3.63) is 52.3 Å². The average Bonchev–Trinajstić information content (AvgIpc) is 2.58. The standard InChI is InChI=1S/C17H17BrFNO4/c1-22-13-4-6-15(23-2)11(7-13)9-20-17(21)10-24-16-5-3-12(18)8-14(16)19/h3-8H,9-10H2,1-2H3,(H,20,21). The number of carbonyl (C=O) groups is 1. The van der Waals surface area contributed by atoms with Crippen molar-refractivity contribution < 1.29 is 23.4 Å². The van der Waals surface area contributed by atoms with Gasteiger partial charge in [-0.2, -0.15) is 0 Å². The van der Waals surface area contributed by atoms with Crippen LogP contribution >= 0.6 is 15.9 Å². The Bertz CT molecular complexity index is 724. The van der Waals surface area contributed by atoms with E-state index in [1.165, 1.54) is 12.1 Å². The molecule has 1 amide bonds. The molecule has 0 saturated heterocycles. The number of hydrogen-bond acceptors (Lipinski definition) is 4.